The maximum Gasteiger partial charge on any atom is 0.223 e. The van der Waals surface area contributed by atoms with Crippen LogP contribution < -0.4 is 5.32 Å². The van der Waals surface area contributed by atoms with E-state index in [0.717, 1.165) is 43.9 Å². The summed E-state index contributed by atoms with van der Waals surface area (Å²) in [6.07, 6.45) is 10.4. The molecule has 1 N–H and O–H groups in total. The van der Waals surface area contributed by atoms with Gasteiger partial charge in [0.2, 0.25) is 5.91 Å². The first-order chi connectivity index (χ1) is 10.3. The number of carbonyl (C=O) groups is 1. The summed E-state index contributed by atoms with van der Waals surface area (Å²) >= 11 is 0. The second-order valence-corrected chi connectivity index (χ2v) is 8.12. The van der Waals surface area contributed by atoms with Crippen LogP contribution in [0.1, 0.15) is 51.4 Å². The van der Waals surface area contributed by atoms with E-state index < -0.39 is 0 Å². The fourth-order valence-electron chi connectivity index (χ4n) is 5.39. The number of nitrogens with one attached hydrogen (secondary N) is 1. The second kappa shape index (κ2) is 5.91. The molecule has 0 aromatic carbocycles. The third kappa shape index (κ3) is 3.13. The summed E-state index contributed by atoms with van der Waals surface area (Å²) in [5.74, 6) is 4.84. The van der Waals surface area contributed by atoms with Crippen molar-refractivity contribution < 1.29 is 9.53 Å². The van der Waals surface area contributed by atoms with E-state index in [1.54, 1.807) is 0 Å². The Hall–Kier alpha value is -0.570. The fraction of sp³-hybridized carbons (Fsp3) is 0.944. The lowest BCUT2D eigenvalue weighted by molar-refractivity contribution is -0.138. The molecule has 5 aliphatic carbocycles. The van der Waals surface area contributed by atoms with Crippen molar-refractivity contribution >= 4 is 5.91 Å². The van der Waals surface area contributed by atoms with Gasteiger partial charge in [-0.15, -0.1) is 0 Å². The van der Waals surface area contributed by atoms with Crippen LogP contribution in [0, 0.1) is 35.5 Å². The summed E-state index contributed by atoms with van der Waals surface area (Å²) < 4.78 is 5.63. The highest BCUT2D eigenvalue weighted by atomic mass is 16.5. The van der Waals surface area contributed by atoms with E-state index >= 15 is 0 Å². The van der Waals surface area contributed by atoms with E-state index in [1.807, 2.05) is 0 Å². The minimum Gasteiger partial charge on any atom is -0.381 e. The van der Waals surface area contributed by atoms with E-state index in [2.05, 4.69) is 5.32 Å². The highest BCUT2D eigenvalue weighted by Gasteiger charge is 2.50. The lowest BCUT2D eigenvalue weighted by Gasteiger charge is -2.53. The molecule has 4 bridgehead atoms. The molecule has 5 rings (SSSR count). The second-order valence-electron chi connectivity index (χ2n) is 8.12. The minimum atomic E-state index is 0.338. The average molecular weight is 291 g/mol. The highest BCUT2D eigenvalue weighted by molar-refractivity contribution is 5.79. The molecular weight excluding hydrogens is 262 g/mol. The van der Waals surface area contributed by atoms with E-state index in [9.17, 15) is 4.79 Å². The number of hydrogen-bond acceptors (Lipinski definition) is 2. The van der Waals surface area contributed by atoms with Crippen LogP contribution in [-0.2, 0) is 9.53 Å². The Kier molecular flexibility index (Phi) is 3.95. The highest BCUT2D eigenvalue weighted by Crippen LogP contribution is 2.56. The Bertz CT molecular complexity index is 363. The van der Waals surface area contributed by atoms with Crippen molar-refractivity contribution in [3.63, 3.8) is 0 Å². The van der Waals surface area contributed by atoms with Crippen molar-refractivity contribution in [2.45, 2.75) is 51.4 Å². The first-order valence-electron chi connectivity index (χ1n) is 9.15. The predicted octanol–water partition coefficient (Wildman–Crippen LogP) is 2.99. The Morgan fingerprint density at radius 3 is 2.29 bits per heavy atom. The number of hydrogen-bond donors (Lipinski definition) is 1. The van der Waals surface area contributed by atoms with Gasteiger partial charge in [-0.3, -0.25) is 4.79 Å². The van der Waals surface area contributed by atoms with Gasteiger partial charge in [0.25, 0.3) is 0 Å². The molecule has 0 spiro atoms. The molecule has 0 aromatic rings. The molecule has 0 heterocycles. The summed E-state index contributed by atoms with van der Waals surface area (Å²) in [4.78, 5) is 12.5. The molecule has 0 atom stereocenters. The molecule has 0 aromatic heterocycles. The molecule has 3 heteroatoms. The standard InChI is InChI=1S/C18H29NO2/c20-18(19-4-1-5-21-11-12-2-3-12)17-15-7-13-6-14(9-15)10-16(17)8-13/h12-17H,1-11H2,(H,19,20). The van der Waals surface area contributed by atoms with Crippen LogP contribution in [0.15, 0.2) is 0 Å². The van der Waals surface area contributed by atoms with Crippen molar-refractivity contribution in [2.24, 2.45) is 35.5 Å². The van der Waals surface area contributed by atoms with Gasteiger partial charge in [0.1, 0.15) is 0 Å². The molecule has 5 aliphatic rings. The molecule has 0 saturated heterocycles. The van der Waals surface area contributed by atoms with E-state index in [1.165, 1.54) is 44.9 Å². The molecule has 1 amide bonds. The van der Waals surface area contributed by atoms with Gasteiger partial charge in [-0.1, -0.05) is 0 Å². The van der Waals surface area contributed by atoms with E-state index in [-0.39, 0.29) is 0 Å². The molecule has 0 aliphatic heterocycles. The Morgan fingerprint density at radius 2 is 1.67 bits per heavy atom. The first-order valence-corrected chi connectivity index (χ1v) is 9.15. The van der Waals surface area contributed by atoms with E-state index in [4.69, 9.17) is 4.74 Å². The van der Waals surface area contributed by atoms with Crippen molar-refractivity contribution in [2.75, 3.05) is 19.8 Å². The summed E-state index contributed by atoms with van der Waals surface area (Å²) in [7, 11) is 0. The Balaban J connectivity index is 1.18. The van der Waals surface area contributed by atoms with Crippen LogP contribution >= 0.6 is 0 Å². The average Bonchev–Trinajstić information content (AvgIpc) is 3.25. The normalized spacial score (nSPS) is 40.5. The van der Waals surface area contributed by atoms with Crippen LogP contribution in [0.2, 0.25) is 0 Å². The molecule has 0 radical (unpaired) electrons. The van der Waals surface area contributed by atoms with Gasteiger partial charge in [0, 0.05) is 25.7 Å². The molecule has 21 heavy (non-hydrogen) atoms. The van der Waals surface area contributed by atoms with Crippen LogP contribution in [0.25, 0.3) is 0 Å². The largest absolute Gasteiger partial charge is 0.381 e. The molecule has 5 saturated carbocycles. The zero-order valence-electron chi connectivity index (χ0n) is 13.1. The molecule has 3 nitrogen and oxygen atoms in total. The van der Waals surface area contributed by atoms with Crippen LogP contribution in [0.3, 0.4) is 0 Å². The third-order valence-corrected chi connectivity index (χ3v) is 6.34. The van der Waals surface area contributed by atoms with E-state index in [0.29, 0.717) is 23.7 Å². The molecule has 0 unspecified atom stereocenters. The number of ether oxygens (including phenoxy) is 1. The number of rotatable bonds is 7. The van der Waals surface area contributed by atoms with Gasteiger partial charge < -0.3 is 10.1 Å². The zero-order valence-corrected chi connectivity index (χ0v) is 13.1. The van der Waals surface area contributed by atoms with Gasteiger partial charge in [-0.05, 0) is 81.0 Å². The van der Waals surface area contributed by atoms with Crippen molar-refractivity contribution in [3.8, 4) is 0 Å². The lowest BCUT2D eigenvalue weighted by atomic mass is 9.51. The van der Waals surface area contributed by atoms with Gasteiger partial charge in [-0.25, -0.2) is 0 Å². The SMILES string of the molecule is O=C(NCCCOCC1CC1)C1C2CC3CC(C2)CC1C3. The van der Waals surface area contributed by atoms with Crippen LogP contribution in [0.5, 0.6) is 0 Å². The summed E-state index contributed by atoms with van der Waals surface area (Å²) in [6.45, 7) is 2.54. The topological polar surface area (TPSA) is 38.3 Å². The summed E-state index contributed by atoms with van der Waals surface area (Å²) in [6, 6.07) is 0. The van der Waals surface area contributed by atoms with Gasteiger partial charge >= 0.3 is 0 Å². The van der Waals surface area contributed by atoms with Crippen molar-refractivity contribution in [1.29, 1.82) is 0 Å². The number of amides is 1. The monoisotopic (exact) mass is 291 g/mol. The Morgan fingerprint density at radius 1 is 1.00 bits per heavy atom. The summed E-state index contributed by atoms with van der Waals surface area (Å²) in [5.41, 5.74) is 0. The third-order valence-electron chi connectivity index (χ3n) is 6.34. The fourth-order valence-corrected chi connectivity index (χ4v) is 5.39. The minimum absolute atomic E-state index is 0.338. The van der Waals surface area contributed by atoms with Crippen molar-refractivity contribution in [1.82, 2.24) is 5.32 Å². The van der Waals surface area contributed by atoms with Crippen LogP contribution in [-0.4, -0.2) is 25.7 Å². The lowest BCUT2D eigenvalue weighted by Crippen LogP contribution is -2.51. The van der Waals surface area contributed by atoms with Gasteiger partial charge in [0.15, 0.2) is 0 Å². The Labute approximate surface area is 128 Å². The predicted molar refractivity (Wildman–Crippen MR) is 81.7 cm³/mol. The smallest absolute Gasteiger partial charge is 0.223 e. The quantitative estimate of drug-likeness (QED) is 0.732. The molecule has 118 valence electrons. The van der Waals surface area contributed by atoms with Gasteiger partial charge in [0.05, 0.1) is 0 Å². The van der Waals surface area contributed by atoms with Crippen LogP contribution in [0.4, 0.5) is 0 Å². The van der Waals surface area contributed by atoms with Crippen molar-refractivity contribution in [3.05, 3.63) is 0 Å². The van der Waals surface area contributed by atoms with Gasteiger partial charge in [-0.2, -0.15) is 0 Å². The maximum absolute atomic E-state index is 12.5. The maximum atomic E-state index is 12.5. The molecular formula is C18H29NO2. The first kappa shape index (κ1) is 14.0. The zero-order chi connectivity index (χ0) is 14.2. The molecule has 5 fully saturated rings. The summed E-state index contributed by atoms with van der Waals surface area (Å²) in [5, 5.41) is 3.20. The number of carbonyl (C=O) groups excluding carboxylic acids is 1.